The van der Waals surface area contributed by atoms with Crippen molar-refractivity contribution in [2.24, 2.45) is 5.92 Å². The van der Waals surface area contributed by atoms with E-state index in [1.165, 1.54) is 24.2 Å². The molecule has 5 nitrogen and oxygen atoms in total. The molecule has 2 aromatic heterocycles. The average molecular weight is 560 g/mol. The maximum Gasteiger partial charge on any atom is 0.180 e. The van der Waals surface area contributed by atoms with E-state index in [1.807, 2.05) is 69.5 Å². The second kappa shape index (κ2) is 15.3. The molecule has 0 spiro atoms. The van der Waals surface area contributed by atoms with Crippen molar-refractivity contribution in [3.63, 3.8) is 0 Å². The lowest BCUT2D eigenvalue weighted by molar-refractivity contribution is 0.0888. The maximum atomic E-state index is 13.4. The fourth-order valence-electron chi connectivity index (χ4n) is 4.66. The molecule has 6 heteroatoms. The Kier molecular flexibility index (Phi) is 11.9. The highest BCUT2D eigenvalue weighted by atomic mass is 32.1. The van der Waals surface area contributed by atoms with Gasteiger partial charge in [0.1, 0.15) is 22.9 Å². The predicted molar refractivity (Wildman–Crippen MR) is 165 cm³/mol. The van der Waals surface area contributed by atoms with Gasteiger partial charge in [-0.25, -0.2) is 4.98 Å². The smallest absolute Gasteiger partial charge is 0.180 e. The van der Waals surface area contributed by atoms with Crippen molar-refractivity contribution in [2.75, 3.05) is 6.61 Å². The first-order valence-electron chi connectivity index (χ1n) is 14.5. The van der Waals surface area contributed by atoms with E-state index in [9.17, 15) is 9.59 Å². The summed E-state index contributed by atoms with van der Waals surface area (Å²) in [7, 11) is 0. The number of aromatic nitrogens is 1. The van der Waals surface area contributed by atoms with Crippen molar-refractivity contribution in [1.29, 1.82) is 0 Å². The molecule has 5 rings (SSSR count). The number of nitrogens with zero attached hydrogens (tertiary/aromatic N) is 1. The average Bonchev–Trinajstić information content (AvgIpc) is 3.60. The van der Waals surface area contributed by atoms with Crippen LogP contribution in [0, 0.1) is 5.92 Å². The van der Waals surface area contributed by atoms with Crippen molar-refractivity contribution in [2.45, 2.75) is 73.1 Å². The Morgan fingerprint density at radius 1 is 0.900 bits per heavy atom. The topological polar surface area (TPSA) is 65.5 Å². The van der Waals surface area contributed by atoms with Crippen LogP contribution in [0.3, 0.4) is 0 Å². The normalized spacial score (nSPS) is 14.5. The second-order valence-corrected chi connectivity index (χ2v) is 10.1. The molecule has 4 aromatic rings. The largest absolute Gasteiger partial charge is 0.491 e. The van der Waals surface area contributed by atoms with Crippen molar-refractivity contribution in [1.82, 2.24) is 4.98 Å². The molecule has 1 aliphatic rings. The number of carbonyl (C=O) groups is 2. The highest BCUT2D eigenvalue weighted by Gasteiger charge is 2.41. The van der Waals surface area contributed by atoms with Crippen LogP contribution in [-0.2, 0) is 0 Å². The number of pyridine rings is 1. The molecule has 0 saturated carbocycles. The van der Waals surface area contributed by atoms with Crippen molar-refractivity contribution >= 4 is 33.8 Å². The predicted octanol–water partition coefficient (Wildman–Crippen LogP) is 9.90. The first-order valence-corrected chi connectivity index (χ1v) is 15.4. The zero-order valence-electron chi connectivity index (χ0n) is 24.5. The first kappa shape index (κ1) is 31.0. The van der Waals surface area contributed by atoms with Crippen LogP contribution in [0.2, 0.25) is 0 Å². The Hall–Kier alpha value is -3.51. The zero-order chi connectivity index (χ0) is 29.1. The lowest BCUT2D eigenvalue weighted by Gasteiger charge is -2.17. The van der Waals surface area contributed by atoms with E-state index in [0.29, 0.717) is 46.4 Å². The van der Waals surface area contributed by atoms with E-state index in [2.05, 4.69) is 13.8 Å². The Balaban J connectivity index is 0.00000106. The zero-order valence-corrected chi connectivity index (χ0v) is 25.3. The molecule has 0 fully saturated rings. The van der Waals surface area contributed by atoms with Gasteiger partial charge in [0.2, 0.25) is 0 Å². The highest BCUT2D eigenvalue weighted by Crippen LogP contribution is 2.38. The van der Waals surface area contributed by atoms with E-state index in [4.69, 9.17) is 14.5 Å². The molecule has 0 aliphatic heterocycles. The lowest BCUT2D eigenvalue weighted by atomic mass is 9.98. The van der Waals surface area contributed by atoms with Crippen LogP contribution < -0.4 is 9.47 Å². The number of unbranched alkanes of at least 4 members (excludes halogenated alkanes) is 1. The lowest BCUT2D eigenvalue weighted by Crippen LogP contribution is -2.15. The molecular weight excluding hydrogens is 518 g/mol. The summed E-state index contributed by atoms with van der Waals surface area (Å²) >= 11 is 1.47. The number of fused-ring (bicyclic) bond motifs is 2. The van der Waals surface area contributed by atoms with Crippen LogP contribution in [0.4, 0.5) is 0 Å². The molecule has 2 aromatic carbocycles. The Bertz CT molecular complexity index is 1400. The van der Waals surface area contributed by atoms with Gasteiger partial charge >= 0.3 is 0 Å². The minimum absolute atomic E-state index is 0.228. The van der Waals surface area contributed by atoms with Gasteiger partial charge in [0.15, 0.2) is 16.6 Å². The van der Waals surface area contributed by atoms with E-state index in [0.717, 1.165) is 23.3 Å². The van der Waals surface area contributed by atoms with Gasteiger partial charge in [-0.2, -0.15) is 0 Å². The number of benzene rings is 2. The van der Waals surface area contributed by atoms with Gasteiger partial charge < -0.3 is 9.47 Å². The molecular formula is C34H41NO4S. The van der Waals surface area contributed by atoms with Crippen LogP contribution in [0.1, 0.15) is 99.6 Å². The third kappa shape index (κ3) is 6.97. The van der Waals surface area contributed by atoms with Gasteiger partial charge in [-0.3, -0.25) is 9.59 Å². The fourth-order valence-corrected chi connectivity index (χ4v) is 5.25. The minimum Gasteiger partial charge on any atom is -0.491 e. The number of rotatable bonds is 10. The molecule has 2 atom stereocenters. The van der Waals surface area contributed by atoms with Crippen LogP contribution >= 0.6 is 11.3 Å². The summed E-state index contributed by atoms with van der Waals surface area (Å²) in [6.07, 6.45) is 4.55. The number of thiophene rings is 1. The first-order chi connectivity index (χ1) is 19.6. The minimum atomic E-state index is -0.956. The number of carbonyl (C=O) groups excluding carboxylic acids is 2. The number of ether oxygens (including phenoxy) is 2. The summed E-state index contributed by atoms with van der Waals surface area (Å²) in [5.74, 6) is 0.278. The third-order valence-corrected chi connectivity index (χ3v) is 7.52. The summed E-state index contributed by atoms with van der Waals surface area (Å²) < 4.78 is 12.1. The van der Waals surface area contributed by atoms with Gasteiger partial charge in [0.05, 0.1) is 12.3 Å². The van der Waals surface area contributed by atoms with Gasteiger partial charge in [0, 0.05) is 16.5 Å². The molecule has 40 heavy (non-hydrogen) atoms. The van der Waals surface area contributed by atoms with Gasteiger partial charge in [-0.05, 0) is 60.2 Å². The summed E-state index contributed by atoms with van der Waals surface area (Å²) in [6.45, 7) is 13.0. The number of para-hydroxylation sites is 1. The van der Waals surface area contributed by atoms with Gasteiger partial charge in [-0.15, -0.1) is 11.3 Å². The number of hydrogen-bond donors (Lipinski definition) is 0. The van der Waals surface area contributed by atoms with Crippen LogP contribution in [-0.4, -0.2) is 23.2 Å². The number of hydrogen-bond acceptors (Lipinski definition) is 6. The standard InChI is InChI=1S/C30H29NO4S.2C2H6/c1-3-5-8-19(4-2)18-34-25-10-6-9-20-12-15-24(31-28(20)25)27-29(32)22-14-13-21(17-23(22)30(27)33)35-26-11-7-16-36-26;2*1-2/h6-7,9-17,19,27H,3-5,8,18H2,1-2H3;2*1-2H3. The summed E-state index contributed by atoms with van der Waals surface area (Å²) in [5, 5.41) is 3.57. The summed E-state index contributed by atoms with van der Waals surface area (Å²) in [6, 6.07) is 18.3. The molecule has 0 amide bonds. The van der Waals surface area contributed by atoms with Crippen LogP contribution in [0.25, 0.3) is 10.9 Å². The molecule has 0 N–H and O–H groups in total. The van der Waals surface area contributed by atoms with E-state index in [-0.39, 0.29) is 11.6 Å². The Morgan fingerprint density at radius 3 is 2.38 bits per heavy atom. The fraction of sp³-hybridized carbons (Fsp3) is 0.382. The van der Waals surface area contributed by atoms with Crippen LogP contribution in [0.5, 0.6) is 16.6 Å². The van der Waals surface area contributed by atoms with E-state index in [1.54, 1.807) is 24.3 Å². The molecule has 212 valence electrons. The van der Waals surface area contributed by atoms with E-state index < -0.39 is 5.92 Å². The molecule has 0 bridgehead atoms. The molecule has 0 radical (unpaired) electrons. The molecule has 2 unspecified atom stereocenters. The third-order valence-electron chi connectivity index (χ3n) is 6.78. The number of Topliss-reactive ketones (excluding diaryl/α,β-unsaturated/α-hetero) is 2. The van der Waals surface area contributed by atoms with Gasteiger partial charge in [0.25, 0.3) is 0 Å². The maximum absolute atomic E-state index is 13.4. The summed E-state index contributed by atoms with van der Waals surface area (Å²) in [4.78, 5) is 31.5. The second-order valence-electron chi connectivity index (χ2n) is 9.19. The molecule has 1 aliphatic carbocycles. The number of ketones is 2. The Labute approximate surface area is 242 Å². The molecule has 0 saturated heterocycles. The monoisotopic (exact) mass is 559 g/mol. The quantitative estimate of drug-likeness (QED) is 0.181. The highest BCUT2D eigenvalue weighted by molar-refractivity contribution is 7.11. The van der Waals surface area contributed by atoms with Crippen molar-refractivity contribution < 1.29 is 19.1 Å². The summed E-state index contributed by atoms with van der Waals surface area (Å²) in [5.41, 5.74) is 1.92. The SMILES string of the molecule is CC.CC.CCCCC(CC)COc1cccc2ccc(C3C(=O)c4ccc(Oc5cccs5)cc4C3=O)nc12. The van der Waals surface area contributed by atoms with E-state index >= 15 is 0 Å². The van der Waals surface area contributed by atoms with Crippen molar-refractivity contribution in [3.8, 4) is 16.6 Å². The van der Waals surface area contributed by atoms with Gasteiger partial charge in [-0.1, -0.05) is 79.0 Å². The Morgan fingerprint density at radius 2 is 1.68 bits per heavy atom. The van der Waals surface area contributed by atoms with Crippen molar-refractivity contribution in [3.05, 3.63) is 82.9 Å². The molecule has 2 heterocycles. The van der Waals surface area contributed by atoms with Crippen LogP contribution in [0.15, 0.2) is 66.0 Å².